The van der Waals surface area contributed by atoms with E-state index in [1.54, 1.807) is 29.2 Å². The maximum atomic E-state index is 12.8. The van der Waals surface area contributed by atoms with Crippen molar-refractivity contribution >= 4 is 23.5 Å². The van der Waals surface area contributed by atoms with E-state index in [9.17, 15) is 14.4 Å². The van der Waals surface area contributed by atoms with Gasteiger partial charge in [-0.1, -0.05) is 30.3 Å². The summed E-state index contributed by atoms with van der Waals surface area (Å²) in [6.07, 6.45) is 1.67. The summed E-state index contributed by atoms with van der Waals surface area (Å²) in [5, 5.41) is 17.4. The molecule has 3 N–H and O–H groups in total. The molecule has 1 atom stereocenters. The Kier molecular flexibility index (Phi) is 7.81. The number of carbonyl (C=O) groups is 3. The molecule has 2 aromatic rings. The van der Waals surface area contributed by atoms with Crippen molar-refractivity contribution in [3.05, 3.63) is 65.7 Å². The van der Waals surface area contributed by atoms with Crippen LogP contribution >= 0.6 is 0 Å². The number of benzene rings is 2. The Morgan fingerprint density at radius 3 is 2.31 bits per heavy atom. The van der Waals surface area contributed by atoms with Crippen LogP contribution in [0.5, 0.6) is 0 Å². The van der Waals surface area contributed by atoms with Crippen molar-refractivity contribution < 1.29 is 14.4 Å². The van der Waals surface area contributed by atoms with Gasteiger partial charge in [-0.2, -0.15) is 5.26 Å². The van der Waals surface area contributed by atoms with Gasteiger partial charge in [0.2, 0.25) is 11.8 Å². The van der Waals surface area contributed by atoms with Crippen molar-refractivity contribution in [2.24, 2.45) is 0 Å². The van der Waals surface area contributed by atoms with E-state index in [0.717, 1.165) is 5.56 Å². The van der Waals surface area contributed by atoms with E-state index in [1.165, 1.54) is 6.92 Å². The molecule has 0 aromatic heterocycles. The highest BCUT2D eigenvalue weighted by Gasteiger charge is 2.27. The van der Waals surface area contributed by atoms with Crippen LogP contribution in [0.1, 0.15) is 30.9 Å². The highest BCUT2D eigenvalue weighted by atomic mass is 16.2. The molecule has 166 valence electrons. The lowest BCUT2D eigenvalue weighted by Crippen LogP contribution is -2.53. The largest absolute Gasteiger partial charge is 0.351 e. The number of hydrogen-bond donors (Lipinski definition) is 3. The van der Waals surface area contributed by atoms with Crippen LogP contribution in [0.4, 0.5) is 10.5 Å². The number of carbonyl (C=O) groups excluding carboxylic acids is 3. The predicted octanol–water partition coefficient (Wildman–Crippen LogP) is 2.42. The highest BCUT2D eigenvalue weighted by Crippen LogP contribution is 2.15. The van der Waals surface area contributed by atoms with Crippen molar-refractivity contribution in [1.82, 2.24) is 15.5 Å². The van der Waals surface area contributed by atoms with Crippen molar-refractivity contribution in [1.29, 1.82) is 5.26 Å². The van der Waals surface area contributed by atoms with E-state index >= 15 is 0 Å². The summed E-state index contributed by atoms with van der Waals surface area (Å²) in [4.78, 5) is 38.6. The lowest BCUT2D eigenvalue weighted by atomic mass is 10.0. The lowest BCUT2D eigenvalue weighted by Gasteiger charge is -2.33. The Bertz CT molecular complexity index is 977. The molecule has 0 aliphatic carbocycles. The maximum absolute atomic E-state index is 12.8. The van der Waals surface area contributed by atoms with Crippen LogP contribution in [0, 0.1) is 11.3 Å². The van der Waals surface area contributed by atoms with E-state index in [-0.39, 0.29) is 23.9 Å². The molecule has 1 saturated heterocycles. The molecule has 1 heterocycles. The van der Waals surface area contributed by atoms with Gasteiger partial charge in [-0.25, -0.2) is 4.79 Å². The summed E-state index contributed by atoms with van der Waals surface area (Å²) in [5.41, 5.74) is 2.13. The summed E-state index contributed by atoms with van der Waals surface area (Å²) in [6.45, 7) is 2.42. The number of amides is 4. The predicted molar refractivity (Wildman–Crippen MR) is 121 cm³/mol. The van der Waals surface area contributed by atoms with E-state index in [1.807, 2.05) is 36.4 Å². The Hall–Kier alpha value is -3.86. The molecule has 1 fully saturated rings. The monoisotopic (exact) mass is 433 g/mol. The van der Waals surface area contributed by atoms with E-state index in [4.69, 9.17) is 5.26 Å². The zero-order valence-corrected chi connectivity index (χ0v) is 18.0. The van der Waals surface area contributed by atoms with Gasteiger partial charge in [0.1, 0.15) is 6.04 Å². The van der Waals surface area contributed by atoms with Crippen LogP contribution in [0.3, 0.4) is 0 Å². The first kappa shape index (κ1) is 22.8. The molecule has 8 heteroatoms. The summed E-state index contributed by atoms with van der Waals surface area (Å²) in [5.74, 6) is -0.472. The zero-order chi connectivity index (χ0) is 22.9. The molecular formula is C24H27N5O3. The topological polar surface area (TPSA) is 114 Å². The zero-order valence-electron chi connectivity index (χ0n) is 18.0. The molecule has 8 nitrogen and oxygen atoms in total. The summed E-state index contributed by atoms with van der Waals surface area (Å²) in [6, 6.07) is 17.4. The minimum Gasteiger partial charge on any atom is -0.351 e. The molecule has 0 bridgehead atoms. The molecule has 32 heavy (non-hydrogen) atoms. The number of urea groups is 1. The first-order valence-electron chi connectivity index (χ1n) is 10.6. The van der Waals surface area contributed by atoms with Crippen LogP contribution in [-0.2, 0) is 16.0 Å². The highest BCUT2D eigenvalue weighted by molar-refractivity contribution is 5.89. The van der Waals surface area contributed by atoms with E-state index in [0.29, 0.717) is 43.6 Å². The quantitative estimate of drug-likeness (QED) is 0.649. The molecular weight excluding hydrogens is 406 g/mol. The third-order valence-electron chi connectivity index (χ3n) is 5.37. The maximum Gasteiger partial charge on any atom is 0.321 e. The normalized spacial score (nSPS) is 14.7. The van der Waals surface area contributed by atoms with Gasteiger partial charge in [0.25, 0.3) is 0 Å². The number of hydrogen-bond acceptors (Lipinski definition) is 4. The second-order valence-corrected chi connectivity index (χ2v) is 7.83. The fraction of sp³-hybridized carbons (Fsp3) is 0.333. The molecule has 4 amide bonds. The van der Waals surface area contributed by atoms with Gasteiger partial charge in [0.15, 0.2) is 0 Å². The second-order valence-electron chi connectivity index (χ2n) is 7.83. The van der Waals surface area contributed by atoms with E-state index < -0.39 is 6.04 Å². The van der Waals surface area contributed by atoms with Gasteiger partial charge < -0.3 is 20.9 Å². The molecule has 0 saturated carbocycles. The Morgan fingerprint density at radius 2 is 1.72 bits per heavy atom. The molecule has 0 unspecified atom stereocenters. The number of rotatable bonds is 6. The smallest absolute Gasteiger partial charge is 0.321 e. The van der Waals surface area contributed by atoms with Gasteiger partial charge in [-0.15, -0.1) is 0 Å². The van der Waals surface area contributed by atoms with Crippen LogP contribution in [0.15, 0.2) is 54.6 Å². The number of nitrogens with zero attached hydrogens (tertiary/aromatic N) is 2. The Labute approximate surface area is 187 Å². The summed E-state index contributed by atoms with van der Waals surface area (Å²) < 4.78 is 0. The first-order valence-corrected chi connectivity index (χ1v) is 10.6. The fourth-order valence-corrected chi connectivity index (χ4v) is 3.66. The van der Waals surface area contributed by atoms with Gasteiger partial charge in [-0.3, -0.25) is 9.59 Å². The van der Waals surface area contributed by atoms with Gasteiger partial charge in [0.05, 0.1) is 11.6 Å². The molecule has 1 aliphatic heterocycles. The molecule has 0 spiro atoms. The number of nitrogens with one attached hydrogen (secondary N) is 3. The number of anilines is 1. The minimum atomic E-state index is -0.646. The van der Waals surface area contributed by atoms with Crippen molar-refractivity contribution in [2.75, 3.05) is 18.4 Å². The van der Waals surface area contributed by atoms with Crippen molar-refractivity contribution in [3.8, 4) is 6.07 Å². The van der Waals surface area contributed by atoms with Gasteiger partial charge >= 0.3 is 6.03 Å². The third kappa shape index (κ3) is 6.57. The van der Waals surface area contributed by atoms with Crippen molar-refractivity contribution in [2.45, 2.75) is 38.3 Å². The van der Waals surface area contributed by atoms with Crippen molar-refractivity contribution in [3.63, 3.8) is 0 Å². The van der Waals surface area contributed by atoms with Gasteiger partial charge in [0, 0.05) is 38.2 Å². The molecule has 1 aliphatic rings. The number of nitriles is 1. The number of likely N-dealkylation sites (tertiary alicyclic amines) is 1. The number of piperidine rings is 1. The SMILES string of the molecule is CC(=O)N[C@@H](Cc1ccccc1)C(=O)NC1CCN(C(=O)Nc2ccc(C#N)cc2)CC1. The van der Waals surface area contributed by atoms with Crippen LogP contribution < -0.4 is 16.0 Å². The van der Waals surface area contributed by atoms with Crippen LogP contribution in [0.2, 0.25) is 0 Å². The summed E-state index contributed by atoms with van der Waals surface area (Å²) in [7, 11) is 0. The standard InChI is InChI=1S/C24H27N5O3/c1-17(30)26-22(15-18-5-3-2-4-6-18)23(31)27-21-11-13-29(14-12-21)24(32)28-20-9-7-19(16-25)8-10-20/h2-10,21-22H,11-15H2,1H3,(H,26,30)(H,27,31)(H,28,32)/t22-/m0/s1. The minimum absolute atomic E-state index is 0.0616. The lowest BCUT2D eigenvalue weighted by molar-refractivity contribution is -0.128. The Balaban J connectivity index is 1.49. The molecule has 2 aromatic carbocycles. The first-order chi connectivity index (χ1) is 15.4. The van der Waals surface area contributed by atoms with Crippen LogP contribution in [0.25, 0.3) is 0 Å². The Morgan fingerprint density at radius 1 is 1.06 bits per heavy atom. The van der Waals surface area contributed by atoms with Gasteiger partial charge in [-0.05, 0) is 42.7 Å². The molecule has 3 rings (SSSR count). The van der Waals surface area contributed by atoms with Crippen LogP contribution in [-0.4, -0.2) is 47.9 Å². The average molecular weight is 434 g/mol. The average Bonchev–Trinajstić information content (AvgIpc) is 2.80. The summed E-state index contributed by atoms with van der Waals surface area (Å²) >= 11 is 0. The molecule has 0 radical (unpaired) electrons. The van der Waals surface area contributed by atoms with E-state index in [2.05, 4.69) is 16.0 Å². The fourth-order valence-electron chi connectivity index (χ4n) is 3.66. The second kappa shape index (κ2) is 11.0. The third-order valence-corrected chi connectivity index (χ3v) is 5.37.